The van der Waals surface area contributed by atoms with Crippen molar-refractivity contribution >= 4 is 23.5 Å². The van der Waals surface area contributed by atoms with Crippen molar-refractivity contribution in [2.24, 2.45) is 0 Å². The van der Waals surface area contributed by atoms with Crippen LogP contribution in [-0.4, -0.2) is 47.1 Å². The van der Waals surface area contributed by atoms with Crippen molar-refractivity contribution in [3.8, 4) is 22.9 Å². The van der Waals surface area contributed by atoms with Gasteiger partial charge in [-0.05, 0) is 27.2 Å². The van der Waals surface area contributed by atoms with E-state index in [1.54, 1.807) is 32.9 Å². The standard InChI is InChI=1S/C17H24ClN5O4/c1-17(2,3)27-16(24)20-6-5-7-26-15-14(10-8-13(19)23-22-10)11(25-4)9-12(18)21-15/h8-9H,5-7H2,1-4H3,(H,20,24)(H3,19,22,23). The molecule has 0 spiro atoms. The number of pyridine rings is 1. The minimum Gasteiger partial charge on any atom is -0.496 e. The molecule has 0 bridgehead atoms. The molecule has 2 heterocycles. The van der Waals surface area contributed by atoms with Gasteiger partial charge in [0, 0.05) is 18.7 Å². The zero-order valence-electron chi connectivity index (χ0n) is 15.8. The first-order chi connectivity index (χ1) is 12.7. The summed E-state index contributed by atoms with van der Waals surface area (Å²) in [5, 5.41) is 9.60. The van der Waals surface area contributed by atoms with Crippen molar-refractivity contribution in [3.63, 3.8) is 0 Å². The first-order valence-electron chi connectivity index (χ1n) is 8.35. The van der Waals surface area contributed by atoms with Gasteiger partial charge in [0.05, 0.1) is 19.4 Å². The van der Waals surface area contributed by atoms with Gasteiger partial charge in [-0.1, -0.05) is 11.6 Å². The molecule has 27 heavy (non-hydrogen) atoms. The molecule has 4 N–H and O–H groups in total. The van der Waals surface area contributed by atoms with E-state index in [4.69, 9.17) is 31.5 Å². The normalized spacial score (nSPS) is 11.1. The summed E-state index contributed by atoms with van der Waals surface area (Å²) in [6.07, 6.45) is 0.0685. The topological polar surface area (TPSA) is 124 Å². The number of anilines is 1. The van der Waals surface area contributed by atoms with Crippen LogP contribution in [0.4, 0.5) is 10.6 Å². The quantitative estimate of drug-likeness (QED) is 0.484. The summed E-state index contributed by atoms with van der Waals surface area (Å²) in [7, 11) is 1.52. The van der Waals surface area contributed by atoms with Gasteiger partial charge < -0.3 is 25.3 Å². The van der Waals surface area contributed by atoms with Gasteiger partial charge in [0.15, 0.2) is 0 Å². The van der Waals surface area contributed by atoms with E-state index in [9.17, 15) is 4.79 Å². The molecular formula is C17H24ClN5O4. The predicted molar refractivity (Wildman–Crippen MR) is 102 cm³/mol. The number of nitrogen functional groups attached to an aromatic ring is 1. The van der Waals surface area contributed by atoms with Crippen LogP contribution in [0.2, 0.25) is 5.15 Å². The van der Waals surface area contributed by atoms with Crippen LogP contribution in [0.15, 0.2) is 12.1 Å². The lowest BCUT2D eigenvalue weighted by Gasteiger charge is -2.19. The number of hydrogen-bond donors (Lipinski definition) is 3. The fourth-order valence-electron chi connectivity index (χ4n) is 2.20. The zero-order chi connectivity index (χ0) is 20.0. The number of hydrogen-bond acceptors (Lipinski definition) is 7. The van der Waals surface area contributed by atoms with Crippen molar-refractivity contribution in [2.75, 3.05) is 26.0 Å². The lowest BCUT2D eigenvalue weighted by molar-refractivity contribution is 0.0525. The number of halogens is 1. The molecule has 10 heteroatoms. The van der Waals surface area contributed by atoms with Crippen LogP contribution >= 0.6 is 11.6 Å². The number of H-pyrrole nitrogens is 1. The lowest BCUT2D eigenvalue weighted by atomic mass is 10.2. The highest BCUT2D eigenvalue weighted by Gasteiger charge is 2.19. The Balaban J connectivity index is 2.00. The number of nitrogens with one attached hydrogen (secondary N) is 2. The fourth-order valence-corrected chi connectivity index (χ4v) is 2.37. The van der Waals surface area contributed by atoms with Crippen LogP contribution in [0.25, 0.3) is 11.3 Å². The molecule has 0 aromatic carbocycles. The molecule has 0 atom stereocenters. The third-order valence-corrected chi connectivity index (χ3v) is 3.43. The highest BCUT2D eigenvalue weighted by atomic mass is 35.5. The van der Waals surface area contributed by atoms with Crippen molar-refractivity contribution < 1.29 is 19.0 Å². The Morgan fingerprint density at radius 2 is 2.11 bits per heavy atom. The summed E-state index contributed by atoms with van der Waals surface area (Å²) in [6.45, 7) is 6.09. The van der Waals surface area contributed by atoms with Gasteiger partial charge in [0.2, 0.25) is 5.88 Å². The van der Waals surface area contributed by atoms with Crippen molar-refractivity contribution in [1.29, 1.82) is 0 Å². The van der Waals surface area contributed by atoms with E-state index in [2.05, 4.69) is 20.5 Å². The number of aromatic amines is 1. The molecule has 2 aromatic heterocycles. The number of amides is 1. The molecule has 0 aliphatic rings. The number of ether oxygens (including phenoxy) is 3. The van der Waals surface area contributed by atoms with Gasteiger partial charge in [0.25, 0.3) is 0 Å². The van der Waals surface area contributed by atoms with Crippen molar-refractivity contribution in [1.82, 2.24) is 20.5 Å². The van der Waals surface area contributed by atoms with E-state index in [1.165, 1.54) is 7.11 Å². The van der Waals surface area contributed by atoms with Crippen LogP contribution in [-0.2, 0) is 4.74 Å². The number of nitrogens with zero attached hydrogens (tertiary/aromatic N) is 2. The Hall–Kier alpha value is -2.68. The second kappa shape index (κ2) is 8.81. The van der Waals surface area contributed by atoms with E-state index in [0.29, 0.717) is 42.4 Å². The largest absolute Gasteiger partial charge is 0.496 e. The van der Waals surface area contributed by atoms with Crippen LogP contribution in [0, 0.1) is 0 Å². The Kier molecular flexibility index (Phi) is 6.73. The van der Waals surface area contributed by atoms with E-state index in [0.717, 1.165) is 0 Å². The molecule has 148 valence electrons. The molecule has 0 saturated carbocycles. The minimum atomic E-state index is -0.539. The monoisotopic (exact) mass is 397 g/mol. The van der Waals surface area contributed by atoms with Crippen LogP contribution in [0.1, 0.15) is 27.2 Å². The van der Waals surface area contributed by atoms with Gasteiger partial charge in [-0.2, -0.15) is 5.10 Å². The Bertz CT molecular complexity index is 788. The third-order valence-electron chi connectivity index (χ3n) is 3.23. The first-order valence-corrected chi connectivity index (χ1v) is 8.73. The van der Waals surface area contributed by atoms with Gasteiger partial charge in [0.1, 0.15) is 27.9 Å². The molecule has 0 unspecified atom stereocenters. The van der Waals surface area contributed by atoms with Crippen LogP contribution in [0.5, 0.6) is 11.6 Å². The molecule has 9 nitrogen and oxygen atoms in total. The van der Waals surface area contributed by atoms with Crippen LogP contribution in [0.3, 0.4) is 0 Å². The first kappa shape index (κ1) is 20.6. The number of aromatic nitrogens is 3. The summed E-state index contributed by atoms with van der Waals surface area (Å²) in [4.78, 5) is 15.8. The molecule has 2 rings (SSSR count). The van der Waals surface area contributed by atoms with Crippen molar-refractivity contribution in [2.45, 2.75) is 32.8 Å². The lowest BCUT2D eigenvalue weighted by Crippen LogP contribution is -2.33. The predicted octanol–water partition coefficient (Wildman–Crippen LogP) is 3.01. The number of rotatable bonds is 7. The molecule has 0 radical (unpaired) electrons. The maximum absolute atomic E-state index is 11.6. The highest BCUT2D eigenvalue weighted by molar-refractivity contribution is 6.29. The second-order valence-electron chi connectivity index (χ2n) is 6.66. The second-order valence-corrected chi connectivity index (χ2v) is 7.05. The maximum Gasteiger partial charge on any atom is 0.407 e. The SMILES string of the molecule is COc1cc(Cl)nc(OCCCNC(=O)OC(C)(C)C)c1-c1cc(N)n[nH]1. The Morgan fingerprint density at radius 1 is 1.37 bits per heavy atom. The number of carbonyl (C=O) groups is 1. The summed E-state index contributed by atoms with van der Waals surface area (Å²) in [5.74, 6) is 1.08. The number of alkyl carbamates (subject to hydrolysis) is 1. The maximum atomic E-state index is 11.6. The zero-order valence-corrected chi connectivity index (χ0v) is 16.5. The van der Waals surface area contributed by atoms with E-state index in [-0.39, 0.29) is 11.0 Å². The van der Waals surface area contributed by atoms with E-state index in [1.807, 2.05) is 0 Å². The van der Waals surface area contributed by atoms with E-state index >= 15 is 0 Å². The highest BCUT2D eigenvalue weighted by Crippen LogP contribution is 2.38. The molecule has 0 aliphatic carbocycles. The number of nitrogens with two attached hydrogens (primary N) is 1. The Morgan fingerprint density at radius 3 is 2.70 bits per heavy atom. The van der Waals surface area contributed by atoms with Gasteiger partial charge in [-0.3, -0.25) is 5.10 Å². The molecule has 0 saturated heterocycles. The molecule has 2 aromatic rings. The van der Waals surface area contributed by atoms with Crippen LogP contribution < -0.4 is 20.5 Å². The molecular weight excluding hydrogens is 374 g/mol. The molecule has 1 amide bonds. The number of methoxy groups -OCH3 is 1. The Labute approximate surface area is 162 Å². The third kappa shape index (κ3) is 6.21. The van der Waals surface area contributed by atoms with Gasteiger partial charge in [-0.25, -0.2) is 9.78 Å². The smallest absolute Gasteiger partial charge is 0.407 e. The summed E-state index contributed by atoms with van der Waals surface area (Å²) in [5.41, 5.74) is 6.29. The summed E-state index contributed by atoms with van der Waals surface area (Å²) in [6, 6.07) is 3.22. The average Bonchev–Trinajstić information content (AvgIpc) is 2.98. The van der Waals surface area contributed by atoms with Crippen molar-refractivity contribution in [3.05, 3.63) is 17.3 Å². The van der Waals surface area contributed by atoms with E-state index < -0.39 is 11.7 Å². The minimum absolute atomic E-state index is 0.227. The number of carbonyl (C=O) groups excluding carboxylic acids is 1. The fraction of sp³-hybridized carbons (Fsp3) is 0.471. The van der Waals surface area contributed by atoms with Gasteiger partial charge >= 0.3 is 6.09 Å². The van der Waals surface area contributed by atoms with Gasteiger partial charge in [-0.15, -0.1) is 0 Å². The summed E-state index contributed by atoms with van der Waals surface area (Å²) < 4.78 is 16.3. The average molecular weight is 398 g/mol. The molecule has 0 fully saturated rings. The molecule has 0 aliphatic heterocycles. The summed E-state index contributed by atoms with van der Waals surface area (Å²) >= 11 is 6.04.